The van der Waals surface area contributed by atoms with E-state index in [-0.39, 0.29) is 42.3 Å². The highest BCUT2D eigenvalue weighted by Gasteiger charge is 2.68. The lowest BCUT2D eigenvalue weighted by Gasteiger charge is -2.27. The maximum atomic E-state index is 12.8. The molecule has 1 amide bonds. The van der Waals surface area contributed by atoms with Crippen molar-refractivity contribution in [1.29, 1.82) is 0 Å². The van der Waals surface area contributed by atoms with Gasteiger partial charge in [-0.2, -0.15) is 0 Å². The van der Waals surface area contributed by atoms with E-state index in [4.69, 9.17) is 4.74 Å². The zero-order chi connectivity index (χ0) is 17.4. The van der Waals surface area contributed by atoms with Crippen molar-refractivity contribution in [1.82, 2.24) is 0 Å². The molecule has 0 radical (unpaired) electrons. The summed E-state index contributed by atoms with van der Waals surface area (Å²) in [6.07, 6.45) is 1.11. The standard InChI is InChI=1S/C21H21NO3/c1-21-13-17(21)18(22(20(21)24)16-10-6-3-7-11-16)12-19(23)25-14-15-8-4-2-5-9-15/h2-11,17-18H,12-14H2,1H3/t17-,18?,21-/m1/s1. The van der Waals surface area contributed by atoms with E-state index in [1.165, 1.54) is 0 Å². The molecule has 4 heteroatoms. The van der Waals surface area contributed by atoms with Crippen LogP contribution in [0.25, 0.3) is 0 Å². The first kappa shape index (κ1) is 15.9. The number of carbonyl (C=O) groups excluding carboxylic acids is 2. The van der Waals surface area contributed by atoms with E-state index in [2.05, 4.69) is 0 Å². The van der Waals surface area contributed by atoms with Crippen LogP contribution in [0.5, 0.6) is 0 Å². The number of hydrogen-bond donors (Lipinski definition) is 0. The number of benzene rings is 2. The minimum absolute atomic E-state index is 0.108. The highest BCUT2D eigenvalue weighted by Crippen LogP contribution is 2.62. The van der Waals surface area contributed by atoms with Gasteiger partial charge >= 0.3 is 5.97 Å². The largest absolute Gasteiger partial charge is 0.461 e. The Balaban J connectivity index is 1.46. The van der Waals surface area contributed by atoms with Crippen LogP contribution in [0.1, 0.15) is 25.3 Å². The summed E-state index contributed by atoms with van der Waals surface area (Å²) in [5.41, 5.74) is 1.52. The molecule has 1 heterocycles. The number of piperidine rings is 1. The number of fused-ring (bicyclic) bond motifs is 1. The first-order chi connectivity index (χ1) is 12.1. The monoisotopic (exact) mass is 335 g/mol. The second-order valence-electron chi connectivity index (χ2n) is 7.16. The normalized spacial score (nSPS) is 27.1. The molecule has 4 rings (SSSR count). The molecule has 128 valence electrons. The van der Waals surface area contributed by atoms with Crippen LogP contribution >= 0.6 is 0 Å². The Morgan fingerprint density at radius 1 is 1.12 bits per heavy atom. The average molecular weight is 335 g/mol. The van der Waals surface area contributed by atoms with Crippen LogP contribution in [0.15, 0.2) is 60.7 Å². The first-order valence-electron chi connectivity index (χ1n) is 8.68. The molecule has 2 fully saturated rings. The van der Waals surface area contributed by atoms with Crippen LogP contribution in [0.2, 0.25) is 0 Å². The number of hydrogen-bond acceptors (Lipinski definition) is 3. The van der Waals surface area contributed by atoms with Crippen LogP contribution in [-0.2, 0) is 20.9 Å². The zero-order valence-corrected chi connectivity index (χ0v) is 14.2. The second-order valence-corrected chi connectivity index (χ2v) is 7.16. The maximum Gasteiger partial charge on any atom is 0.308 e. The van der Waals surface area contributed by atoms with E-state index in [0.29, 0.717) is 0 Å². The third-order valence-corrected chi connectivity index (χ3v) is 5.46. The van der Waals surface area contributed by atoms with Crippen molar-refractivity contribution in [3.05, 3.63) is 66.2 Å². The van der Waals surface area contributed by atoms with Crippen molar-refractivity contribution < 1.29 is 14.3 Å². The zero-order valence-electron chi connectivity index (χ0n) is 14.2. The van der Waals surface area contributed by atoms with E-state index in [9.17, 15) is 9.59 Å². The van der Waals surface area contributed by atoms with Crippen LogP contribution in [-0.4, -0.2) is 17.9 Å². The topological polar surface area (TPSA) is 46.6 Å². The first-order valence-corrected chi connectivity index (χ1v) is 8.68. The van der Waals surface area contributed by atoms with Gasteiger partial charge in [0.15, 0.2) is 0 Å². The number of carbonyl (C=O) groups is 2. The van der Waals surface area contributed by atoms with Crippen molar-refractivity contribution >= 4 is 17.6 Å². The predicted octanol–water partition coefficient (Wildman–Crippen LogP) is 3.56. The highest BCUT2D eigenvalue weighted by molar-refractivity contribution is 6.04. The lowest BCUT2D eigenvalue weighted by Crippen LogP contribution is -2.39. The fraction of sp³-hybridized carbons (Fsp3) is 0.333. The molecule has 1 aliphatic heterocycles. The minimum atomic E-state index is -0.305. The molecule has 2 aromatic carbocycles. The molecule has 25 heavy (non-hydrogen) atoms. The molecule has 2 aromatic rings. The molecule has 2 aliphatic rings. The fourth-order valence-corrected chi connectivity index (χ4v) is 3.91. The van der Waals surface area contributed by atoms with Crippen LogP contribution < -0.4 is 4.90 Å². The van der Waals surface area contributed by atoms with E-state index >= 15 is 0 Å². The van der Waals surface area contributed by atoms with Crippen LogP contribution in [0.4, 0.5) is 5.69 Å². The van der Waals surface area contributed by atoms with Gasteiger partial charge in [-0.15, -0.1) is 0 Å². The van der Waals surface area contributed by atoms with Gasteiger partial charge in [-0.25, -0.2) is 0 Å². The molecule has 1 saturated heterocycles. The molecular formula is C21H21NO3. The smallest absolute Gasteiger partial charge is 0.308 e. The molecule has 0 aromatic heterocycles. The summed E-state index contributed by atoms with van der Waals surface area (Å²) in [6, 6.07) is 19.1. The number of rotatable bonds is 5. The van der Waals surface area contributed by atoms with Crippen molar-refractivity contribution in [3.8, 4) is 0 Å². The molecule has 0 N–H and O–H groups in total. The third kappa shape index (κ3) is 2.82. The van der Waals surface area contributed by atoms with E-state index in [0.717, 1.165) is 17.7 Å². The lowest BCUT2D eigenvalue weighted by molar-refractivity contribution is -0.145. The van der Waals surface area contributed by atoms with E-state index in [1.54, 1.807) is 4.90 Å². The fourth-order valence-electron chi connectivity index (χ4n) is 3.91. The summed E-state index contributed by atoms with van der Waals surface area (Å²) in [4.78, 5) is 27.0. The number of esters is 1. The SMILES string of the molecule is C[C@@]12C[C@@H]1C(CC(=O)OCc1ccccc1)N(c1ccccc1)C2=O. The van der Waals surface area contributed by atoms with Crippen molar-refractivity contribution in [3.63, 3.8) is 0 Å². The molecule has 1 aliphatic carbocycles. The molecular weight excluding hydrogens is 314 g/mol. The number of ether oxygens (including phenoxy) is 1. The summed E-state index contributed by atoms with van der Waals surface area (Å²) in [7, 11) is 0. The quantitative estimate of drug-likeness (QED) is 0.785. The molecule has 4 nitrogen and oxygen atoms in total. The molecule has 1 saturated carbocycles. The Labute approximate surface area is 147 Å². The summed E-state index contributed by atoms with van der Waals surface area (Å²) < 4.78 is 5.43. The van der Waals surface area contributed by atoms with Gasteiger partial charge in [-0.1, -0.05) is 55.5 Å². The Morgan fingerprint density at radius 3 is 2.44 bits per heavy atom. The van der Waals surface area contributed by atoms with E-state index in [1.807, 2.05) is 67.6 Å². The van der Waals surface area contributed by atoms with Crippen molar-refractivity contribution in [2.45, 2.75) is 32.4 Å². The van der Waals surface area contributed by atoms with E-state index < -0.39 is 0 Å². The van der Waals surface area contributed by atoms with Gasteiger partial charge in [-0.05, 0) is 30.0 Å². The van der Waals surface area contributed by atoms with Crippen LogP contribution in [0.3, 0.4) is 0 Å². The van der Waals surface area contributed by atoms with Gasteiger partial charge in [-0.3, -0.25) is 9.59 Å². The van der Waals surface area contributed by atoms with Gasteiger partial charge in [0.25, 0.3) is 0 Å². The van der Waals surface area contributed by atoms with Gasteiger partial charge in [0.2, 0.25) is 5.91 Å². The average Bonchev–Trinajstić information content (AvgIpc) is 3.29. The Hall–Kier alpha value is -2.62. The lowest BCUT2D eigenvalue weighted by atomic mass is 10.1. The highest BCUT2D eigenvalue weighted by atomic mass is 16.5. The summed E-state index contributed by atoms with van der Waals surface area (Å²) in [5, 5.41) is 0. The number of amides is 1. The third-order valence-electron chi connectivity index (χ3n) is 5.46. The number of anilines is 1. The predicted molar refractivity (Wildman–Crippen MR) is 94.8 cm³/mol. The van der Waals surface area contributed by atoms with Gasteiger partial charge in [0.05, 0.1) is 17.9 Å². The van der Waals surface area contributed by atoms with Crippen LogP contribution in [0, 0.1) is 11.3 Å². The van der Waals surface area contributed by atoms with Crippen molar-refractivity contribution in [2.75, 3.05) is 4.90 Å². The molecule has 1 unspecified atom stereocenters. The second kappa shape index (κ2) is 6.03. The minimum Gasteiger partial charge on any atom is -0.461 e. The molecule has 0 bridgehead atoms. The molecule has 0 spiro atoms. The Bertz CT molecular complexity index is 789. The summed E-state index contributed by atoms with van der Waals surface area (Å²) in [5.74, 6) is 0.118. The summed E-state index contributed by atoms with van der Waals surface area (Å²) in [6.45, 7) is 2.28. The Morgan fingerprint density at radius 2 is 1.76 bits per heavy atom. The van der Waals surface area contributed by atoms with Gasteiger partial charge in [0, 0.05) is 5.69 Å². The van der Waals surface area contributed by atoms with Crippen molar-refractivity contribution in [2.24, 2.45) is 11.3 Å². The summed E-state index contributed by atoms with van der Waals surface area (Å²) >= 11 is 0. The number of nitrogens with zero attached hydrogens (tertiary/aromatic N) is 1. The van der Waals surface area contributed by atoms with Gasteiger partial charge in [0.1, 0.15) is 6.61 Å². The molecule has 3 atom stereocenters. The maximum absolute atomic E-state index is 12.8. The van der Waals surface area contributed by atoms with Gasteiger partial charge < -0.3 is 9.64 Å². The Kier molecular flexibility index (Phi) is 3.83. The number of para-hydroxylation sites is 1.